The molecule has 3 heterocycles. The lowest BCUT2D eigenvalue weighted by atomic mass is 10.1. The van der Waals surface area contributed by atoms with Crippen molar-refractivity contribution in [1.82, 2.24) is 19.8 Å². The van der Waals surface area contributed by atoms with E-state index in [1.165, 1.54) is 17.3 Å². The summed E-state index contributed by atoms with van der Waals surface area (Å²) in [7, 11) is 0. The largest absolute Gasteiger partial charge is 0.494 e. The van der Waals surface area contributed by atoms with Gasteiger partial charge in [-0.3, -0.25) is 4.79 Å². The maximum atomic E-state index is 12.8. The summed E-state index contributed by atoms with van der Waals surface area (Å²) in [5.74, 6) is 1.17. The van der Waals surface area contributed by atoms with Crippen molar-refractivity contribution in [2.45, 2.75) is 18.5 Å². The Hall–Kier alpha value is -3.39. The number of thioether (sulfide) groups is 1. The highest BCUT2D eigenvalue weighted by atomic mass is 32.2. The molecule has 0 radical (unpaired) electrons. The lowest BCUT2D eigenvalue weighted by Gasteiger charge is -2.16. The number of nitrogens with zero attached hydrogens (tertiary/aromatic N) is 5. The molecular weight excluding hydrogens is 410 g/mol. The fourth-order valence-corrected chi connectivity index (χ4v) is 4.47. The van der Waals surface area contributed by atoms with E-state index in [9.17, 15) is 4.79 Å². The number of fused-ring (bicyclic) bond motifs is 2. The molecule has 1 aliphatic heterocycles. The molecule has 0 fully saturated rings. The van der Waals surface area contributed by atoms with E-state index in [1.807, 2.05) is 66.4 Å². The number of benzene rings is 2. The highest BCUT2D eigenvalue weighted by molar-refractivity contribution is 7.99. The number of anilines is 1. The summed E-state index contributed by atoms with van der Waals surface area (Å²) in [6.45, 7) is 3.31. The van der Waals surface area contributed by atoms with Crippen LogP contribution in [-0.2, 0) is 11.2 Å². The summed E-state index contributed by atoms with van der Waals surface area (Å²) in [6, 6.07) is 19.7. The molecule has 4 aromatic rings. The molecule has 0 saturated carbocycles. The van der Waals surface area contributed by atoms with Gasteiger partial charge in [-0.1, -0.05) is 30.0 Å². The summed E-state index contributed by atoms with van der Waals surface area (Å²) in [4.78, 5) is 14.7. The number of ether oxygens (including phenoxy) is 1. The Morgan fingerprint density at radius 1 is 1.06 bits per heavy atom. The minimum absolute atomic E-state index is 0.0642. The Labute approximate surface area is 184 Å². The minimum atomic E-state index is 0.0642. The van der Waals surface area contributed by atoms with Gasteiger partial charge in [0.1, 0.15) is 5.75 Å². The van der Waals surface area contributed by atoms with Gasteiger partial charge >= 0.3 is 0 Å². The average molecular weight is 432 g/mol. The monoisotopic (exact) mass is 431 g/mol. The zero-order chi connectivity index (χ0) is 21.2. The van der Waals surface area contributed by atoms with Gasteiger partial charge in [0.15, 0.2) is 5.65 Å². The third-order valence-corrected chi connectivity index (χ3v) is 6.11. The van der Waals surface area contributed by atoms with Gasteiger partial charge in [0.25, 0.3) is 0 Å². The molecule has 0 N–H and O–H groups in total. The zero-order valence-corrected chi connectivity index (χ0v) is 17.9. The SMILES string of the molecule is CCOc1ccc(-c2ccc3nnc(SCC(=O)N4CCc5ccccc54)n3n2)cc1. The number of hydrogen-bond donors (Lipinski definition) is 0. The molecule has 0 unspecified atom stereocenters. The fourth-order valence-electron chi connectivity index (χ4n) is 3.70. The van der Waals surface area contributed by atoms with Gasteiger partial charge in [-0.2, -0.15) is 9.61 Å². The van der Waals surface area contributed by atoms with E-state index in [0.717, 1.165) is 35.7 Å². The summed E-state index contributed by atoms with van der Waals surface area (Å²) in [6.07, 6.45) is 0.896. The Morgan fingerprint density at radius 3 is 2.74 bits per heavy atom. The fraction of sp³-hybridized carbons (Fsp3) is 0.217. The summed E-state index contributed by atoms with van der Waals surface area (Å²) < 4.78 is 7.20. The predicted octanol–water partition coefficient (Wildman–Crippen LogP) is 3.87. The molecule has 2 aromatic heterocycles. The van der Waals surface area contributed by atoms with Crippen LogP contribution >= 0.6 is 11.8 Å². The van der Waals surface area contributed by atoms with Crippen LogP contribution in [-0.4, -0.2) is 44.6 Å². The predicted molar refractivity (Wildman–Crippen MR) is 121 cm³/mol. The van der Waals surface area contributed by atoms with Crippen LogP contribution in [0.5, 0.6) is 5.75 Å². The first kappa shape index (κ1) is 19.6. The zero-order valence-electron chi connectivity index (χ0n) is 17.1. The van der Waals surface area contributed by atoms with Crippen molar-refractivity contribution >= 4 is 29.0 Å². The molecular formula is C23H21N5O2S. The van der Waals surface area contributed by atoms with Crippen LogP contribution in [0.1, 0.15) is 12.5 Å². The second-order valence-corrected chi connectivity index (χ2v) is 8.08. The van der Waals surface area contributed by atoms with E-state index in [-0.39, 0.29) is 11.7 Å². The molecule has 2 aromatic carbocycles. The van der Waals surface area contributed by atoms with Gasteiger partial charge < -0.3 is 9.64 Å². The number of carbonyl (C=O) groups excluding carboxylic acids is 1. The van der Waals surface area contributed by atoms with Crippen molar-refractivity contribution in [3.8, 4) is 17.0 Å². The molecule has 31 heavy (non-hydrogen) atoms. The van der Waals surface area contributed by atoms with Crippen LogP contribution in [0, 0.1) is 0 Å². The van der Waals surface area contributed by atoms with E-state index in [2.05, 4.69) is 16.3 Å². The Morgan fingerprint density at radius 2 is 1.90 bits per heavy atom. The second-order valence-electron chi connectivity index (χ2n) is 7.14. The Bertz CT molecular complexity index is 1240. The van der Waals surface area contributed by atoms with Gasteiger partial charge in [-0.15, -0.1) is 10.2 Å². The second kappa shape index (κ2) is 8.39. The maximum absolute atomic E-state index is 12.8. The van der Waals surface area contributed by atoms with Crippen molar-refractivity contribution in [1.29, 1.82) is 0 Å². The van der Waals surface area contributed by atoms with Crippen LogP contribution in [0.15, 0.2) is 65.8 Å². The van der Waals surface area contributed by atoms with Gasteiger partial charge in [0.2, 0.25) is 11.1 Å². The molecule has 8 heteroatoms. The van der Waals surface area contributed by atoms with Gasteiger partial charge in [0, 0.05) is 17.8 Å². The van der Waals surface area contributed by atoms with Crippen LogP contribution in [0.3, 0.4) is 0 Å². The smallest absolute Gasteiger partial charge is 0.237 e. The van der Waals surface area contributed by atoms with E-state index < -0.39 is 0 Å². The first-order valence-electron chi connectivity index (χ1n) is 10.2. The number of rotatable bonds is 6. The summed E-state index contributed by atoms with van der Waals surface area (Å²) >= 11 is 1.35. The lowest BCUT2D eigenvalue weighted by Crippen LogP contribution is -2.30. The third kappa shape index (κ3) is 3.86. The number of carbonyl (C=O) groups is 1. The average Bonchev–Trinajstić information content (AvgIpc) is 3.42. The van der Waals surface area contributed by atoms with E-state index >= 15 is 0 Å². The number of hydrogen-bond acceptors (Lipinski definition) is 6. The molecule has 1 amide bonds. The summed E-state index contributed by atoms with van der Waals surface area (Å²) in [5.41, 5.74) is 4.65. The Balaban J connectivity index is 1.33. The molecule has 0 atom stereocenters. The highest BCUT2D eigenvalue weighted by Crippen LogP contribution is 2.29. The molecule has 0 bridgehead atoms. The molecule has 0 spiro atoms. The van der Waals surface area contributed by atoms with Crippen LogP contribution < -0.4 is 9.64 Å². The van der Waals surface area contributed by atoms with Gasteiger partial charge in [0.05, 0.1) is 18.1 Å². The van der Waals surface area contributed by atoms with Crippen molar-refractivity contribution in [2.75, 3.05) is 23.8 Å². The minimum Gasteiger partial charge on any atom is -0.494 e. The standard InChI is InChI=1S/C23H21N5O2S/c1-2-30-18-9-7-16(8-10-18)19-11-12-21-24-25-23(28(21)26-19)31-15-22(29)27-14-13-17-5-3-4-6-20(17)27/h3-12H,2,13-15H2,1H3. The highest BCUT2D eigenvalue weighted by Gasteiger charge is 2.24. The first-order chi connectivity index (χ1) is 15.2. The molecule has 1 aliphatic rings. The summed E-state index contributed by atoms with van der Waals surface area (Å²) in [5, 5.41) is 13.7. The maximum Gasteiger partial charge on any atom is 0.237 e. The molecule has 156 valence electrons. The lowest BCUT2D eigenvalue weighted by molar-refractivity contribution is -0.116. The van der Waals surface area contributed by atoms with Crippen LogP contribution in [0.2, 0.25) is 0 Å². The van der Waals surface area contributed by atoms with Crippen molar-refractivity contribution in [3.05, 3.63) is 66.2 Å². The number of para-hydroxylation sites is 1. The topological polar surface area (TPSA) is 72.6 Å². The third-order valence-electron chi connectivity index (χ3n) is 5.21. The molecule has 7 nitrogen and oxygen atoms in total. The number of aromatic nitrogens is 4. The van der Waals surface area contributed by atoms with Gasteiger partial charge in [-0.05, 0) is 61.4 Å². The van der Waals surface area contributed by atoms with Crippen molar-refractivity contribution in [2.24, 2.45) is 0 Å². The molecule has 0 aliphatic carbocycles. The van der Waals surface area contributed by atoms with Gasteiger partial charge in [-0.25, -0.2) is 0 Å². The quantitative estimate of drug-likeness (QED) is 0.432. The van der Waals surface area contributed by atoms with Crippen molar-refractivity contribution < 1.29 is 9.53 Å². The van der Waals surface area contributed by atoms with Crippen LogP contribution in [0.4, 0.5) is 5.69 Å². The molecule has 5 rings (SSSR count). The number of amides is 1. The Kier molecular flexibility index (Phi) is 5.30. The first-order valence-corrected chi connectivity index (χ1v) is 11.2. The van der Waals surface area contributed by atoms with E-state index in [1.54, 1.807) is 4.52 Å². The van der Waals surface area contributed by atoms with Crippen LogP contribution in [0.25, 0.3) is 16.9 Å². The normalized spacial score (nSPS) is 12.9. The molecule has 0 saturated heterocycles. The van der Waals surface area contributed by atoms with Crippen molar-refractivity contribution in [3.63, 3.8) is 0 Å². The van der Waals surface area contributed by atoms with E-state index in [4.69, 9.17) is 9.84 Å². The van der Waals surface area contributed by atoms with E-state index in [0.29, 0.717) is 17.4 Å².